The molecule has 0 radical (unpaired) electrons. The standard InChI is InChI=1S/C15H21ClN2O4S2/c16-13-5-7-15(8-6-13)24(21,22)18-11-9-17(10-12-18)23(19,20)14-3-1-2-4-14/h5-8,14H,1-4,9-12H2. The van der Waals surface area contributed by atoms with E-state index in [1.54, 1.807) is 0 Å². The fourth-order valence-corrected chi connectivity index (χ4v) is 6.89. The van der Waals surface area contributed by atoms with E-state index in [-0.39, 0.29) is 36.3 Å². The van der Waals surface area contributed by atoms with E-state index in [0.29, 0.717) is 17.9 Å². The number of halogens is 1. The zero-order valence-electron chi connectivity index (χ0n) is 13.3. The Morgan fingerprint density at radius 2 is 1.33 bits per heavy atom. The molecule has 3 rings (SSSR count). The highest BCUT2D eigenvalue weighted by Gasteiger charge is 2.37. The van der Waals surface area contributed by atoms with E-state index in [0.717, 1.165) is 12.8 Å². The Morgan fingerprint density at radius 3 is 1.88 bits per heavy atom. The molecule has 0 amide bonds. The molecule has 0 bridgehead atoms. The van der Waals surface area contributed by atoms with Crippen LogP contribution in [0.2, 0.25) is 5.02 Å². The highest BCUT2D eigenvalue weighted by molar-refractivity contribution is 7.90. The summed E-state index contributed by atoms with van der Waals surface area (Å²) in [5.74, 6) is 0. The Morgan fingerprint density at radius 1 is 0.833 bits per heavy atom. The van der Waals surface area contributed by atoms with Gasteiger partial charge in [-0.2, -0.15) is 8.61 Å². The summed E-state index contributed by atoms with van der Waals surface area (Å²) < 4.78 is 53.2. The van der Waals surface area contributed by atoms with Crippen LogP contribution in [-0.2, 0) is 20.0 Å². The van der Waals surface area contributed by atoms with Crippen LogP contribution < -0.4 is 0 Å². The van der Waals surface area contributed by atoms with Gasteiger partial charge in [-0.15, -0.1) is 0 Å². The van der Waals surface area contributed by atoms with Gasteiger partial charge in [-0.25, -0.2) is 16.8 Å². The molecular formula is C15H21ClN2O4S2. The molecule has 0 unspecified atom stereocenters. The normalized spacial score (nSPS) is 22.0. The average Bonchev–Trinajstić information content (AvgIpc) is 3.11. The van der Waals surface area contributed by atoms with Crippen molar-refractivity contribution in [1.82, 2.24) is 8.61 Å². The van der Waals surface area contributed by atoms with E-state index in [1.807, 2.05) is 0 Å². The Bertz CT molecular complexity index is 779. The minimum absolute atomic E-state index is 0.177. The van der Waals surface area contributed by atoms with Gasteiger partial charge in [0, 0.05) is 31.2 Å². The summed E-state index contributed by atoms with van der Waals surface area (Å²) in [5.41, 5.74) is 0. The summed E-state index contributed by atoms with van der Waals surface area (Å²) in [4.78, 5) is 0.180. The van der Waals surface area contributed by atoms with Gasteiger partial charge in [-0.1, -0.05) is 24.4 Å². The van der Waals surface area contributed by atoms with Gasteiger partial charge < -0.3 is 0 Å². The first-order chi connectivity index (χ1) is 11.3. The van der Waals surface area contributed by atoms with Gasteiger partial charge in [0.15, 0.2) is 0 Å². The molecule has 0 N–H and O–H groups in total. The fourth-order valence-electron chi connectivity index (χ4n) is 3.32. The van der Waals surface area contributed by atoms with Gasteiger partial charge in [0.2, 0.25) is 20.0 Å². The molecule has 2 fully saturated rings. The number of hydrogen-bond donors (Lipinski definition) is 0. The van der Waals surface area contributed by atoms with Crippen molar-refractivity contribution in [1.29, 1.82) is 0 Å². The maximum Gasteiger partial charge on any atom is 0.243 e. The molecule has 1 aromatic rings. The molecule has 1 saturated heterocycles. The van der Waals surface area contributed by atoms with E-state index in [1.165, 1.54) is 32.9 Å². The summed E-state index contributed by atoms with van der Waals surface area (Å²) in [6, 6.07) is 6.02. The molecule has 24 heavy (non-hydrogen) atoms. The SMILES string of the molecule is O=S(=O)(c1ccc(Cl)cc1)N1CCN(S(=O)(=O)C2CCCC2)CC1. The van der Waals surface area contributed by atoms with Crippen LogP contribution in [0.4, 0.5) is 0 Å². The number of benzene rings is 1. The monoisotopic (exact) mass is 392 g/mol. The third-order valence-electron chi connectivity index (χ3n) is 4.73. The topological polar surface area (TPSA) is 74.8 Å². The lowest BCUT2D eigenvalue weighted by Gasteiger charge is -2.34. The van der Waals surface area contributed by atoms with Crippen LogP contribution in [0.15, 0.2) is 29.2 Å². The Hall–Kier alpha value is -0.670. The molecule has 1 aliphatic carbocycles. The first kappa shape index (κ1) is 18.1. The molecule has 0 aromatic heterocycles. The van der Waals surface area contributed by atoms with Crippen molar-refractivity contribution in [3.8, 4) is 0 Å². The van der Waals surface area contributed by atoms with Gasteiger partial charge in [0.25, 0.3) is 0 Å². The van der Waals surface area contributed by atoms with E-state index >= 15 is 0 Å². The lowest BCUT2D eigenvalue weighted by Crippen LogP contribution is -2.52. The molecule has 1 heterocycles. The molecule has 2 aliphatic rings. The molecule has 134 valence electrons. The van der Waals surface area contributed by atoms with E-state index in [2.05, 4.69) is 0 Å². The molecule has 1 saturated carbocycles. The van der Waals surface area contributed by atoms with Crippen molar-refractivity contribution < 1.29 is 16.8 Å². The Kier molecular flexibility index (Phi) is 5.22. The molecule has 6 nitrogen and oxygen atoms in total. The molecule has 1 aliphatic heterocycles. The van der Waals surface area contributed by atoms with Crippen LogP contribution in [0.1, 0.15) is 25.7 Å². The molecule has 9 heteroatoms. The Balaban J connectivity index is 1.69. The number of nitrogens with zero attached hydrogens (tertiary/aromatic N) is 2. The number of sulfonamides is 2. The van der Waals surface area contributed by atoms with Gasteiger partial charge in [0.1, 0.15) is 0 Å². The molecular weight excluding hydrogens is 372 g/mol. The van der Waals surface area contributed by atoms with Crippen LogP contribution in [0.5, 0.6) is 0 Å². The van der Waals surface area contributed by atoms with Crippen LogP contribution in [-0.4, -0.2) is 56.9 Å². The molecule has 1 aromatic carbocycles. The summed E-state index contributed by atoms with van der Waals surface area (Å²) in [7, 11) is -6.92. The maximum atomic E-state index is 12.6. The zero-order chi connectivity index (χ0) is 17.4. The Labute approximate surface area is 148 Å². The van der Waals surface area contributed by atoms with Gasteiger partial charge in [-0.05, 0) is 37.1 Å². The second kappa shape index (κ2) is 6.92. The lowest BCUT2D eigenvalue weighted by molar-refractivity contribution is 0.270. The van der Waals surface area contributed by atoms with Crippen LogP contribution in [0.3, 0.4) is 0 Å². The van der Waals surface area contributed by atoms with Crippen molar-refractivity contribution in [2.24, 2.45) is 0 Å². The zero-order valence-corrected chi connectivity index (χ0v) is 15.7. The minimum atomic E-state index is -3.61. The average molecular weight is 393 g/mol. The van der Waals surface area contributed by atoms with Crippen molar-refractivity contribution in [3.63, 3.8) is 0 Å². The van der Waals surface area contributed by atoms with Crippen molar-refractivity contribution >= 4 is 31.6 Å². The second-order valence-corrected chi connectivity index (χ2v) is 10.8. The highest BCUT2D eigenvalue weighted by atomic mass is 35.5. The van der Waals surface area contributed by atoms with Crippen molar-refractivity contribution in [2.75, 3.05) is 26.2 Å². The minimum Gasteiger partial charge on any atom is -0.212 e. The predicted molar refractivity (Wildman–Crippen MR) is 93.0 cm³/mol. The van der Waals surface area contributed by atoms with Crippen molar-refractivity contribution in [3.05, 3.63) is 29.3 Å². The maximum absolute atomic E-state index is 12.6. The highest BCUT2D eigenvalue weighted by Crippen LogP contribution is 2.28. The summed E-state index contributed by atoms with van der Waals surface area (Å²) in [6.45, 7) is 0.783. The first-order valence-electron chi connectivity index (χ1n) is 8.06. The van der Waals surface area contributed by atoms with E-state index < -0.39 is 20.0 Å². The molecule has 0 spiro atoms. The quantitative estimate of drug-likeness (QED) is 0.784. The van der Waals surface area contributed by atoms with E-state index in [4.69, 9.17) is 11.6 Å². The lowest BCUT2D eigenvalue weighted by atomic mass is 10.4. The molecule has 0 atom stereocenters. The summed E-state index contributed by atoms with van der Waals surface area (Å²) in [5, 5.41) is 0.179. The van der Waals surface area contributed by atoms with Crippen molar-refractivity contribution in [2.45, 2.75) is 35.8 Å². The predicted octanol–water partition coefficient (Wildman–Crippen LogP) is 1.92. The number of piperazine rings is 1. The van der Waals surface area contributed by atoms with E-state index in [9.17, 15) is 16.8 Å². The van der Waals surface area contributed by atoms with Gasteiger partial charge in [-0.3, -0.25) is 0 Å². The van der Waals surface area contributed by atoms with Crippen LogP contribution in [0, 0.1) is 0 Å². The number of rotatable bonds is 4. The smallest absolute Gasteiger partial charge is 0.212 e. The number of hydrogen-bond acceptors (Lipinski definition) is 4. The largest absolute Gasteiger partial charge is 0.243 e. The van der Waals surface area contributed by atoms with Crippen LogP contribution in [0.25, 0.3) is 0 Å². The summed E-state index contributed by atoms with van der Waals surface area (Å²) >= 11 is 5.80. The second-order valence-electron chi connectivity index (χ2n) is 6.21. The first-order valence-corrected chi connectivity index (χ1v) is 11.4. The van der Waals surface area contributed by atoms with Crippen LogP contribution >= 0.6 is 11.6 Å². The fraction of sp³-hybridized carbons (Fsp3) is 0.600. The van der Waals surface area contributed by atoms with Gasteiger partial charge >= 0.3 is 0 Å². The third kappa shape index (κ3) is 3.48. The third-order valence-corrected chi connectivity index (χ3v) is 9.30. The van der Waals surface area contributed by atoms with Gasteiger partial charge in [0.05, 0.1) is 10.1 Å². The summed E-state index contributed by atoms with van der Waals surface area (Å²) in [6.07, 6.45) is 3.33.